The monoisotopic (exact) mass is 179 g/mol. The summed E-state index contributed by atoms with van der Waals surface area (Å²) in [5.41, 5.74) is 0.662. The van der Waals surface area contributed by atoms with Gasteiger partial charge >= 0.3 is 0 Å². The van der Waals surface area contributed by atoms with Gasteiger partial charge in [0.15, 0.2) is 11.3 Å². The minimum atomic E-state index is -2.57. The molecule has 0 saturated carbocycles. The summed E-state index contributed by atoms with van der Waals surface area (Å²) in [5, 5.41) is 0.629. The summed E-state index contributed by atoms with van der Waals surface area (Å²) in [4.78, 5) is 10.7. The van der Waals surface area contributed by atoms with Crippen molar-refractivity contribution in [1.82, 2.24) is 0 Å². The van der Waals surface area contributed by atoms with Crippen LogP contribution in [-0.4, -0.2) is 13.3 Å². The lowest BCUT2D eigenvalue weighted by Crippen LogP contribution is -1.86. The fourth-order valence-corrected chi connectivity index (χ4v) is 1.22. The second kappa shape index (κ2) is 2.94. The third-order valence-electron chi connectivity index (χ3n) is 1.79. The van der Waals surface area contributed by atoms with Crippen molar-refractivity contribution in [3.63, 3.8) is 0 Å². The zero-order valence-electron chi connectivity index (χ0n) is 9.61. The largest absolute Gasteiger partial charge is 0.493 e. The summed E-state index contributed by atoms with van der Waals surface area (Å²) < 4.78 is 30.9. The minimum Gasteiger partial charge on any atom is -0.493 e. The van der Waals surface area contributed by atoms with Gasteiger partial charge in [-0.3, -0.25) is 4.79 Å². The highest BCUT2D eigenvalue weighted by atomic mass is 16.5. The predicted molar refractivity (Wildman–Crippen MR) is 48.2 cm³/mol. The summed E-state index contributed by atoms with van der Waals surface area (Å²) >= 11 is 0. The summed E-state index contributed by atoms with van der Waals surface area (Å²) in [6.45, 7) is 0. The van der Waals surface area contributed by atoms with E-state index in [4.69, 9.17) is 13.3 Å². The van der Waals surface area contributed by atoms with Crippen LogP contribution in [0.3, 0.4) is 0 Å². The van der Waals surface area contributed by atoms with Crippen LogP contribution in [-0.2, 0) is 0 Å². The molecule has 3 heteroatoms. The lowest BCUT2D eigenvalue weighted by atomic mass is 10.1. The molecule has 13 heavy (non-hydrogen) atoms. The zero-order valence-corrected chi connectivity index (χ0v) is 6.61. The van der Waals surface area contributed by atoms with Crippen LogP contribution in [0.25, 0.3) is 11.0 Å². The van der Waals surface area contributed by atoms with Gasteiger partial charge in [0, 0.05) is 10.9 Å². The van der Waals surface area contributed by atoms with Gasteiger partial charge in [0.05, 0.1) is 17.4 Å². The third kappa shape index (κ3) is 1.18. The van der Waals surface area contributed by atoms with E-state index in [2.05, 4.69) is 0 Å². The summed E-state index contributed by atoms with van der Waals surface area (Å²) in [6.07, 6.45) is 2.03. The number of methoxy groups -OCH3 is 1. The molecule has 1 aromatic heterocycles. The minimum absolute atomic E-state index is 0.0459. The normalized spacial score (nSPS) is 14.6. The highest BCUT2D eigenvalue weighted by Crippen LogP contribution is 2.27. The van der Waals surface area contributed by atoms with Crippen LogP contribution in [0.15, 0.2) is 28.9 Å². The fraction of sp³-hybridized carbons (Fsp3) is 0.100. The number of ether oxygens (including phenoxy) is 1. The van der Waals surface area contributed by atoms with Gasteiger partial charge < -0.3 is 9.15 Å². The molecule has 3 nitrogen and oxygen atoms in total. The van der Waals surface area contributed by atoms with Crippen molar-refractivity contribution < 1.29 is 18.1 Å². The molecule has 0 aliphatic heterocycles. The quantitative estimate of drug-likeness (QED) is 0.664. The first-order valence-corrected chi connectivity index (χ1v) is 3.65. The fourth-order valence-electron chi connectivity index (χ4n) is 1.22. The van der Waals surface area contributed by atoms with Gasteiger partial charge in [-0.05, 0) is 18.2 Å². The number of hydrogen-bond acceptors (Lipinski definition) is 3. The lowest BCUT2D eigenvalue weighted by molar-refractivity contribution is 0.112. The molecule has 0 amide bonds. The van der Waals surface area contributed by atoms with Gasteiger partial charge in [-0.15, -0.1) is 0 Å². The number of carbonyl (C=O) groups is 1. The maximum absolute atomic E-state index is 10.7. The Bertz CT molecular complexity index is 528. The van der Waals surface area contributed by atoms with Gasteiger partial charge in [0.1, 0.15) is 6.29 Å². The van der Waals surface area contributed by atoms with E-state index < -0.39 is 7.04 Å². The van der Waals surface area contributed by atoms with Crippen LogP contribution in [0.2, 0.25) is 0 Å². The lowest BCUT2D eigenvalue weighted by Gasteiger charge is -2.00. The number of carbonyl (C=O) groups excluding carboxylic acids is 1. The molecule has 0 saturated heterocycles. The Labute approximate surface area is 79.1 Å². The van der Waals surface area contributed by atoms with Crippen LogP contribution >= 0.6 is 0 Å². The first-order chi connectivity index (χ1) is 7.49. The number of hydrogen-bond donors (Lipinski definition) is 0. The van der Waals surface area contributed by atoms with E-state index in [0.717, 1.165) is 0 Å². The van der Waals surface area contributed by atoms with Crippen molar-refractivity contribution in [2.45, 2.75) is 0 Å². The molecule has 0 aliphatic carbocycles. The standard InChI is InChI=1S/C10H8O3/c1-12-9-5-7(6-11)4-8-2-3-13-10(8)9/h2-6H,1H3/i1D3. The highest BCUT2D eigenvalue weighted by molar-refractivity contribution is 5.90. The Morgan fingerprint density at radius 3 is 3.31 bits per heavy atom. The number of benzene rings is 1. The third-order valence-corrected chi connectivity index (χ3v) is 1.79. The molecule has 0 spiro atoms. The first-order valence-electron chi connectivity index (χ1n) is 5.15. The van der Waals surface area contributed by atoms with E-state index in [1.807, 2.05) is 0 Å². The molecular formula is C10H8O3. The van der Waals surface area contributed by atoms with Gasteiger partial charge in [-0.2, -0.15) is 0 Å². The highest BCUT2D eigenvalue weighted by Gasteiger charge is 2.06. The van der Waals surface area contributed by atoms with Crippen molar-refractivity contribution in [3.8, 4) is 5.75 Å². The second-order valence-electron chi connectivity index (χ2n) is 2.58. The number of rotatable bonds is 2. The Hall–Kier alpha value is -1.77. The van der Waals surface area contributed by atoms with Gasteiger partial charge in [-0.25, -0.2) is 0 Å². The number of aldehydes is 1. The van der Waals surface area contributed by atoms with Crippen LogP contribution in [0.5, 0.6) is 5.75 Å². The topological polar surface area (TPSA) is 39.4 Å². The Morgan fingerprint density at radius 1 is 1.62 bits per heavy atom. The summed E-state index contributed by atoms with van der Waals surface area (Å²) in [5.74, 6) is 0.0459. The first kappa shape index (κ1) is 5.07. The molecule has 66 valence electrons. The van der Waals surface area contributed by atoms with Crippen molar-refractivity contribution in [1.29, 1.82) is 0 Å². The van der Waals surface area contributed by atoms with Crippen LogP contribution < -0.4 is 4.74 Å². The second-order valence-corrected chi connectivity index (χ2v) is 2.58. The van der Waals surface area contributed by atoms with E-state index in [1.165, 1.54) is 12.3 Å². The molecule has 0 radical (unpaired) electrons. The molecule has 2 aromatic rings. The molecule has 0 N–H and O–H groups in total. The zero-order chi connectivity index (χ0) is 11.8. The molecule has 0 atom stereocenters. The van der Waals surface area contributed by atoms with E-state index in [9.17, 15) is 4.79 Å². The smallest absolute Gasteiger partial charge is 0.175 e. The van der Waals surface area contributed by atoms with Crippen molar-refractivity contribution in [2.75, 3.05) is 7.04 Å². The molecule has 0 fully saturated rings. The Balaban J connectivity index is 2.56. The van der Waals surface area contributed by atoms with Crippen LogP contribution in [0, 0.1) is 0 Å². The van der Waals surface area contributed by atoms with E-state index in [1.54, 1.807) is 12.1 Å². The molecule has 0 unspecified atom stereocenters. The SMILES string of the molecule is [2H]C([2H])([2H])Oc1cc(C=O)cc2ccoc12. The maximum atomic E-state index is 10.7. The van der Waals surface area contributed by atoms with Crippen molar-refractivity contribution >= 4 is 17.3 Å². The maximum Gasteiger partial charge on any atom is 0.175 e. The van der Waals surface area contributed by atoms with Gasteiger partial charge in [0.2, 0.25) is 0 Å². The molecule has 2 rings (SSSR count). The van der Waals surface area contributed by atoms with E-state index >= 15 is 0 Å². The van der Waals surface area contributed by atoms with Crippen molar-refractivity contribution in [2.24, 2.45) is 0 Å². The van der Waals surface area contributed by atoms with Gasteiger partial charge in [0.25, 0.3) is 0 Å². The summed E-state index contributed by atoms with van der Waals surface area (Å²) in [7, 11) is -2.57. The average Bonchev–Trinajstić information content (AvgIpc) is 2.63. The van der Waals surface area contributed by atoms with E-state index in [0.29, 0.717) is 22.8 Å². The van der Waals surface area contributed by atoms with Crippen molar-refractivity contribution in [3.05, 3.63) is 30.0 Å². The Morgan fingerprint density at radius 2 is 2.54 bits per heavy atom. The molecule has 0 aliphatic rings. The molecule has 0 bridgehead atoms. The summed E-state index contributed by atoms with van der Waals surface area (Å²) in [6, 6.07) is 4.57. The molecule has 1 aromatic carbocycles. The van der Waals surface area contributed by atoms with Crippen LogP contribution in [0.1, 0.15) is 14.5 Å². The molecule has 1 heterocycles. The molecular weight excluding hydrogens is 168 g/mol. The van der Waals surface area contributed by atoms with Gasteiger partial charge in [-0.1, -0.05) is 0 Å². The number of fused-ring (bicyclic) bond motifs is 1. The van der Waals surface area contributed by atoms with Crippen LogP contribution in [0.4, 0.5) is 0 Å². The average molecular weight is 179 g/mol. The Kier molecular flexibility index (Phi) is 1.14. The van der Waals surface area contributed by atoms with E-state index in [-0.39, 0.29) is 5.75 Å². The number of furan rings is 1. The predicted octanol–water partition coefficient (Wildman–Crippen LogP) is 2.25.